The maximum absolute atomic E-state index is 11.6. The second kappa shape index (κ2) is 7.65. The molecule has 0 saturated heterocycles. The molecule has 0 aliphatic rings. The van der Waals surface area contributed by atoms with Gasteiger partial charge in [-0.1, -0.05) is 24.3 Å². The first-order valence-electron chi connectivity index (χ1n) is 6.60. The molecular formula is C15H22N2O3. The second-order valence-electron chi connectivity index (χ2n) is 5.14. The van der Waals surface area contributed by atoms with Crippen LogP contribution in [-0.4, -0.2) is 37.0 Å². The molecule has 5 heteroatoms. The minimum Gasteiger partial charge on any atom is -0.456 e. The fraction of sp³-hybridized carbons (Fsp3) is 0.467. The van der Waals surface area contributed by atoms with Gasteiger partial charge in [0.1, 0.15) is 0 Å². The van der Waals surface area contributed by atoms with Gasteiger partial charge >= 0.3 is 11.9 Å². The molecule has 0 aromatic heterocycles. The van der Waals surface area contributed by atoms with E-state index in [-0.39, 0.29) is 6.10 Å². The summed E-state index contributed by atoms with van der Waals surface area (Å²) in [6, 6.07) is 7.81. The Balaban J connectivity index is 2.61. The first kappa shape index (κ1) is 16.2. The number of nitrogens with one attached hydrogen (secondary N) is 1. The molecule has 0 fully saturated rings. The van der Waals surface area contributed by atoms with Crippen molar-refractivity contribution in [2.45, 2.75) is 33.0 Å². The molecule has 0 saturated carbocycles. The van der Waals surface area contributed by atoms with Crippen LogP contribution in [0.3, 0.4) is 0 Å². The smallest absolute Gasteiger partial charge is 0.397 e. The van der Waals surface area contributed by atoms with E-state index in [0.29, 0.717) is 6.54 Å². The number of hydrogen-bond donors (Lipinski definition) is 1. The summed E-state index contributed by atoms with van der Waals surface area (Å²) in [6.45, 7) is 4.51. The topological polar surface area (TPSA) is 58.6 Å². The third kappa shape index (κ3) is 5.40. The lowest BCUT2D eigenvalue weighted by molar-refractivity contribution is -0.157. The zero-order valence-electron chi connectivity index (χ0n) is 12.5. The van der Waals surface area contributed by atoms with Crippen molar-refractivity contribution in [2.75, 3.05) is 14.1 Å². The molecule has 0 aliphatic carbocycles. The van der Waals surface area contributed by atoms with Crippen LogP contribution < -0.4 is 5.32 Å². The van der Waals surface area contributed by atoms with Gasteiger partial charge in [-0.15, -0.1) is 0 Å². The molecule has 1 aromatic rings. The van der Waals surface area contributed by atoms with Crippen LogP contribution in [0.5, 0.6) is 0 Å². The highest BCUT2D eigenvalue weighted by atomic mass is 16.5. The Morgan fingerprint density at radius 2 is 1.80 bits per heavy atom. The number of carbonyl (C=O) groups is 2. The van der Waals surface area contributed by atoms with Crippen LogP contribution in [0.25, 0.3) is 0 Å². The van der Waals surface area contributed by atoms with Crippen molar-refractivity contribution >= 4 is 11.9 Å². The molecule has 0 aliphatic heterocycles. The van der Waals surface area contributed by atoms with Gasteiger partial charge < -0.3 is 15.0 Å². The van der Waals surface area contributed by atoms with Gasteiger partial charge in [-0.2, -0.15) is 0 Å². The van der Waals surface area contributed by atoms with Crippen LogP contribution in [-0.2, 0) is 27.4 Å². The second-order valence-corrected chi connectivity index (χ2v) is 5.14. The molecule has 0 unspecified atom stereocenters. The Morgan fingerprint density at radius 1 is 1.20 bits per heavy atom. The van der Waals surface area contributed by atoms with E-state index < -0.39 is 11.9 Å². The number of esters is 1. The van der Waals surface area contributed by atoms with Crippen LogP contribution in [0.1, 0.15) is 25.0 Å². The molecule has 110 valence electrons. The lowest BCUT2D eigenvalue weighted by Gasteiger charge is -2.14. The molecular weight excluding hydrogens is 256 g/mol. The quantitative estimate of drug-likeness (QED) is 0.652. The molecule has 1 aromatic carbocycles. The average Bonchev–Trinajstić information content (AvgIpc) is 2.35. The van der Waals surface area contributed by atoms with E-state index in [2.05, 4.69) is 5.32 Å². The molecule has 1 amide bonds. The summed E-state index contributed by atoms with van der Waals surface area (Å²) in [5, 5.41) is 2.59. The minimum atomic E-state index is -0.843. The summed E-state index contributed by atoms with van der Waals surface area (Å²) in [6.07, 6.45) is -0.297. The number of ether oxygens (including phenoxy) is 1. The Hall–Kier alpha value is -1.88. The van der Waals surface area contributed by atoms with Crippen molar-refractivity contribution in [3.05, 3.63) is 35.4 Å². The summed E-state index contributed by atoms with van der Waals surface area (Å²) in [5.74, 6) is -1.55. The Morgan fingerprint density at radius 3 is 2.35 bits per heavy atom. The number of benzene rings is 1. The van der Waals surface area contributed by atoms with E-state index in [1.807, 2.05) is 43.3 Å². The minimum absolute atomic E-state index is 0.297. The molecule has 0 radical (unpaired) electrons. The fourth-order valence-electron chi connectivity index (χ4n) is 1.74. The Bertz CT molecular complexity index is 470. The molecule has 1 N–H and O–H groups in total. The van der Waals surface area contributed by atoms with Gasteiger partial charge in [-0.05, 0) is 39.1 Å². The summed E-state index contributed by atoms with van der Waals surface area (Å²) >= 11 is 0. The number of hydrogen-bond acceptors (Lipinski definition) is 4. The van der Waals surface area contributed by atoms with Gasteiger partial charge in [-0.3, -0.25) is 4.79 Å². The average molecular weight is 278 g/mol. The molecule has 0 spiro atoms. The van der Waals surface area contributed by atoms with Crippen molar-refractivity contribution in [3.8, 4) is 0 Å². The Kier molecular flexibility index (Phi) is 6.18. The van der Waals surface area contributed by atoms with E-state index in [4.69, 9.17) is 4.74 Å². The number of rotatable bonds is 5. The summed E-state index contributed by atoms with van der Waals surface area (Å²) in [7, 11) is 3.96. The zero-order chi connectivity index (χ0) is 15.1. The SMILES string of the molecule is CC(C)OC(=O)C(=O)NCc1ccccc1CN(C)C. The monoisotopic (exact) mass is 278 g/mol. The van der Waals surface area contributed by atoms with Crippen molar-refractivity contribution in [3.63, 3.8) is 0 Å². The molecule has 20 heavy (non-hydrogen) atoms. The van der Waals surface area contributed by atoms with Gasteiger partial charge in [0.2, 0.25) is 0 Å². The maximum atomic E-state index is 11.6. The van der Waals surface area contributed by atoms with Crippen molar-refractivity contribution < 1.29 is 14.3 Å². The molecule has 5 nitrogen and oxygen atoms in total. The summed E-state index contributed by atoms with van der Waals surface area (Å²) in [5.41, 5.74) is 2.11. The van der Waals surface area contributed by atoms with Crippen LogP contribution in [0.15, 0.2) is 24.3 Å². The highest BCUT2D eigenvalue weighted by Gasteiger charge is 2.16. The van der Waals surface area contributed by atoms with Crippen molar-refractivity contribution in [1.82, 2.24) is 10.2 Å². The van der Waals surface area contributed by atoms with Gasteiger partial charge in [0.25, 0.3) is 0 Å². The van der Waals surface area contributed by atoms with E-state index in [1.165, 1.54) is 0 Å². The molecule has 0 heterocycles. The standard InChI is InChI=1S/C15H22N2O3/c1-11(2)20-15(19)14(18)16-9-12-7-5-6-8-13(12)10-17(3)4/h5-8,11H,9-10H2,1-4H3,(H,16,18). The largest absolute Gasteiger partial charge is 0.456 e. The van der Waals surface area contributed by atoms with Crippen LogP contribution >= 0.6 is 0 Å². The normalized spacial score (nSPS) is 10.7. The van der Waals surface area contributed by atoms with Gasteiger partial charge in [0.05, 0.1) is 6.10 Å². The highest BCUT2D eigenvalue weighted by molar-refractivity contribution is 6.32. The number of amides is 1. The van der Waals surface area contributed by atoms with Crippen molar-refractivity contribution in [2.24, 2.45) is 0 Å². The predicted molar refractivity (Wildman–Crippen MR) is 76.9 cm³/mol. The number of nitrogens with zero attached hydrogens (tertiary/aromatic N) is 1. The van der Waals surface area contributed by atoms with E-state index >= 15 is 0 Å². The van der Waals surface area contributed by atoms with E-state index in [1.54, 1.807) is 13.8 Å². The van der Waals surface area contributed by atoms with Crippen molar-refractivity contribution in [1.29, 1.82) is 0 Å². The van der Waals surface area contributed by atoms with Crippen LogP contribution in [0.4, 0.5) is 0 Å². The first-order chi connectivity index (χ1) is 9.40. The maximum Gasteiger partial charge on any atom is 0.397 e. The van der Waals surface area contributed by atoms with Crippen LogP contribution in [0, 0.1) is 0 Å². The van der Waals surface area contributed by atoms with Gasteiger partial charge in [0.15, 0.2) is 0 Å². The Labute approximate surface area is 119 Å². The summed E-state index contributed by atoms with van der Waals surface area (Å²) < 4.78 is 4.84. The zero-order valence-corrected chi connectivity index (χ0v) is 12.5. The fourth-order valence-corrected chi connectivity index (χ4v) is 1.74. The lowest BCUT2D eigenvalue weighted by atomic mass is 10.1. The van der Waals surface area contributed by atoms with Gasteiger partial charge in [0, 0.05) is 13.1 Å². The number of carbonyl (C=O) groups excluding carboxylic acids is 2. The predicted octanol–water partition coefficient (Wildman–Crippen LogP) is 1.32. The molecule has 1 rings (SSSR count). The van der Waals surface area contributed by atoms with Crippen LogP contribution in [0.2, 0.25) is 0 Å². The third-order valence-corrected chi connectivity index (χ3v) is 2.57. The molecule has 0 bridgehead atoms. The third-order valence-electron chi connectivity index (χ3n) is 2.57. The summed E-state index contributed by atoms with van der Waals surface area (Å²) in [4.78, 5) is 25.0. The molecule has 0 atom stereocenters. The van der Waals surface area contributed by atoms with E-state index in [9.17, 15) is 9.59 Å². The first-order valence-corrected chi connectivity index (χ1v) is 6.60. The lowest BCUT2D eigenvalue weighted by Crippen LogP contribution is -2.33. The van der Waals surface area contributed by atoms with E-state index in [0.717, 1.165) is 17.7 Å². The highest BCUT2D eigenvalue weighted by Crippen LogP contribution is 2.10. The van der Waals surface area contributed by atoms with Gasteiger partial charge in [-0.25, -0.2) is 4.79 Å².